The number of aliphatic hydroxyl groups is 1. The lowest BCUT2D eigenvalue weighted by atomic mass is 10.0. The lowest BCUT2D eigenvalue weighted by Crippen LogP contribution is -2.30. The first-order valence-corrected chi connectivity index (χ1v) is 6.16. The zero-order valence-electron chi connectivity index (χ0n) is 10.1. The third-order valence-corrected chi connectivity index (χ3v) is 3.48. The third kappa shape index (κ3) is 2.83. The minimum Gasteiger partial charge on any atom is -0.392 e. The van der Waals surface area contributed by atoms with E-state index >= 15 is 0 Å². The monoisotopic (exact) mass is 219 g/mol. The van der Waals surface area contributed by atoms with E-state index in [1.807, 2.05) is 12.1 Å². The van der Waals surface area contributed by atoms with Crippen LogP contribution < -0.4 is 5.32 Å². The fraction of sp³-hybridized carbons (Fsp3) is 0.571. The second-order valence-corrected chi connectivity index (χ2v) is 4.92. The van der Waals surface area contributed by atoms with Crippen LogP contribution in [0.4, 0.5) is 0 Å². The van der Waals surface area contributed by atoms with Gasteiger partial charge in [0.25, 0.3) is 0 Å². The van der Waals surface area contributed by atoms with Crippen molar-refractivity contribution in [1.82, 2.24) is 5.32 Å². The van der Waals surface area contributed by atoms with Gasteiger partial charge in [-0.1, -0.05) is 24.3 Å². The van der Waals surface area contributed by atoms with Gasteiger partial charge in [-0.3, -0.25) is 0 Å². The summed E-state index contributed by atoms with van der Waals surface area (Å²) in [5.41, 5.74) is 2.25. The highest BCUT2D eigenvalue weighted by atomic mass is 16.3. The molecular formula is C14H21NO. The van der Waals surface area contributed by atoms with E-state index in [1.165, 1.54) is 18.4 Å². The number of nitrogens with one attached hydrogen (secondary N) is 1. The normalized spacial score (nSPS) is 19.4. The van der Waals surface area contributed by atoms with E-state index in [1.54, 1.807) is 0 Å². The average Bonchev–Trinajstić information content (AvgIpc) is 3.13. The van der Waals surface area contributed by atoms with Crippen molar-refractivity contribution in [2.24, 2.45) is 5.92 Å². The van der Waals surface area contributed by atoms with E-state index in [-0.39, 0.29) is 6.61 Å². The molecule has 0 radical (unpaired) electrons. The second-order valence-electron chi connectivity index (χ2n) is 4.92. The van der Waals surface area contributed by atoms with Crippen LogP contribution in [0.5, 0.6) is 0 Å². The van der Waals surface area contributed by atoms with E-state index in [2.05, 4.69) is 31.3 Å². The maximum atomic E-state index is 9.10. The van der Waals surface area contributed by atoms with Crippen LogP contribution in [0.3, 0.4) is 0 Å². The lowest BCUT2D eigenvalue weighted by Gasteiger charge is -2.20. The summed E-state index contributed by atoms with van der Waals surface area (Å²) in [6, 6.07) is 9.14. The summed E-state index contributed by atoms with van der Waals surface area (Å²) in [6.07, 6.45) is 2.75. The highest BCUT2D eigenvalue weighted by Gasteiger charge is 2.28. The van der Waals surface area contributed by atoms with E-state index < -0.39 is 0 Å². The number of hydrogen-bond donors (Lipinski definition) is 2. The SMILES string of the molecule is CC(NC(C)C1CC1)c1cccc(CO)c1. The molecule has 0 spiro atoms. The van der Waals surface area contributed by atoms with E-state index in [0.29, 0.717) is 12.1 Å². The topological polar surface area (TPSA) is 32.3 Å². The van der Waals surface area contributed by atoms with Crippen LogP contribution in [0.1, 0.15) is 43.9 Å². The molecule has 2 unspecified atom stereocenters. The van der Waals surface area contributed by atoms with Gasteiger partial charge >= 0.3 is 0 Å². The molecule has 88 valence electrons. The summed E-state index contributed by atoms with van der Waals surface area (Å²) in [5.74, 6) is 0.878. The first kappa shape index (κ1) is 11.6. The summed E-state index contributed by atoms with van der Waals surface area (Å²) < 4.78 is 0. The fourth-order valence-electron chi connectivity index (χ4n) is 2.18. The van der Waals surface area contributed by atoms with E-state index in [0.717, 1.165) is 11.5 Å². The van der Waals surface area contributed by atoms with Crippen LogP contribution in [0, 0.1) is 5.92 Å². The average molecular weight is 219 g/mol. The van der Waals surface area contributed by atoms with Crippen molar-refractivity contribution in [2.45, 2.75) is 45.4 Å². The predicted molar refractivity (Wildman–Crippen MR) is 66.1 cm³/mol. The standard InChI is InChI=1S/C14H21NO/c1-10(13-6-7-13)15-11(2)14-5-3-4-12(8-14)9-16/h3-5,8,10-11,13,15-16H,6-7,9H2,1-2H3. The van der Waals surface area contributed by atoms with E-state index in [9.17, 15) is 0 Å². The zero-order valence-corrected chi connectivity index (χ0v) is 10.1. The molecule has 1 fully saturated rings. The maximum Gasteiger partial charge on any atom is 0.0681 e. The van der Waals surface area contributed by atoms with Crippen molar-refractivity contribution in [3.63, 3.8) is 0 Å². The molecule has 0 bridgehead atoms. The molecule has 0 amide bonds. The van der Waals surface area contributed by atoms with Gasteiger partial charge in [0.1, 0.15) is 0 Å². The molecule has 1 aromatic rings. The Kier molecular flexibility index (Phi) is 3.62. The molecular weight excluding hydrogens is 198 g/mol. The summed E-state index contributed by atoms with van der Waals surface area (Å²) in [6.45, 7) is 4.58. The molecule has 16 heavy (non-hydrogen) atoms. The first-order valence-electron chi connectivity index (χ1n) is 6.16. The minimum absolute atomic E-state index is 0.124. The predicted octanol–water partition coefficient (Wildman–Crippen LogP) is 2.63. The van der Waals surface area contributed by atoms with Gasteiger partial charge in [0.15, 0.2) is 0 Å². The maximum absolute atomic E-state index is 9.10. The van der Waals surface area contributed by atoms with Crippen molar-refractivity contribution in [3.05, 3.63) is 35.4 Å². The Morgan fingerprint density at radius 2 is 2.12 bits per heavy atom. The number of benzene rings is 1. The quantitative estimate of drug-likeness (QED) is 0.798. The second kappa shape index (κ2) is 4.98. The Bertz CT molecular complexity index is 346. The Labute approximate surface area is 97.7 Å². The Morgan fingerprint density at radius 1 is 1.38 bits per heavy atom. The molecule has 0 aromatic heterocycles. The molecule has 1 saturated carbocycles. The van der Waals surface area contributed by atoms with Crippen molar-refractivity contribution in [2.75, 3.05) is 0 Å². The minimum atomic E-state index is 0.124. The van der Waals surface area contributed by atoms with Gasteiger partial charge in [0.2, 0.25) is 0 Å². The van der Waals surface area contributed by atoms with Crippen LogP contribution in [0.15, 0.2) is 24.3 Å². The summed E-state index contributed by atoms with van der Waals surface area (Å²) in [5, 5.41) is 12.7. The van der Waals surface area contributed by atoms with Gasteiger partial charge < -0.3 is 10.4 Å². The molecule has 2 nitrogen and oxygen atoms in total. The van der Waals surface area contributed by atoms with Crippen LogP contribution in [-0.2, 0) is 6.61 Å². The lowest BCUT2D eigenvalue weighted by molar-refractivity contribution is 0.281. The number of aliphatic hydroxyl groups excluding tert-OH is 1. The van der Waals surface area contributed by atoms with Crippen LogP contribution in [0.25, 0.3) is 0 Å². The van der Waals surface area contributed by atoms with Gasteiger partial charge in [-0.05, 0) is 43.7 Å². The summed E-state index contributed by atoms with van der Waals surface area (Å²) >= 11 is 0. The zero-order chi connectivity index (χ0) is 11.5. The van der Waals surface area contributed by atoms with Crippen molar-refractivity contribution in [3.8, 4) is 0 Å². The molecule has 0 heterocycles. The van der Waals surface area contributed by atoms with Crippen LogP contribution in [-0.4, -0.2) is 11.1 Å². The van der Waals surface area contributed by atoms with Crippen LogP contribution >= 0.6 is 0 Å². The Balaban J connectivity index is 1.98. The highest BCUT2D eigenvalue weighted by molar-refractivity contribution is 5.25. The Morgan fingerprint density at radius 3 is 2.75 bits per heavy atom. The smallest absolute Gasteiger partial charge is 0.0681 e. The van der Waals surface area contributed by atoms with Crippen molar-refractivity contribution in [1.29, 1.82) is 0 Å². The summed E-state index contributed by atoms with van der Waals surface area (Å²) in [7, 11) is 0. The molecule has 2 atom stereocenters. The highest BCUT2D eigenvalue weighted by Crippen LogP contribution is 2.33. The van der Waals surface area contributed by atoms with E-state index in [4.69, 9.17) is 5.11 Å². The van der Waals surface area contributed by atoms with Crippen LogP contribution in [0.2, 0.25) is 0 Å². The molecule has 1 aliphatic rings. The number of hydrogen-bond acceptors (Lipinski definition) is 2. The van der Waals surface area contributed by atoms with Crippen molar-refractivity contribution < 1.29 is 5.11 Å². The molecule has 1 aliphatic carbocycles. The third-order valence-electron chi connectivity index (χ3n) is 3.48. The molecule has 2 N–H and O–H groups in total. The summed E-state index contributed by atoms with van der Waals surface area (Å²) in [4.78, 5) is 0. The Hall–Kier alpha value is -0.860. The van der Waals surface area contributed by atoms with Gasteiger partial charge in [-0.2, -0.15) is 0 Å². The van der Waals surface area contributed by atoms with Gasteiger partial charge in [0, 0.05) is 12.1 Å². The molecule has 2 rings (SSSR count). The number of rotatable bonds is 5. The molecule has 0 aliphatic heterocycles. The first-order chi connectivity index (χ1) is 7.70. The molecule has 1 aromatic carbocycles. The van der Waals surface area contributed by atoms with Gasteiger partial charge in [-0.15, -0.1) is 0 Å². The molecule has 0 saturated heterocycles. The van der Waals surface area contributed by atoms with Gasteiger partial charge in [0.05, 0.1) is 6.61 Å². The molecule has 2 heteroatoms. The fourth-order valence-corrected chi connectivity index (χ4v) is 2.18. The van der Waals surface area contributed by atoms with Gasteiger partial charge in [-0.25, -0.2) is 0 Å². The largest absolute Gasteiger partial charge is 0.392 e. The van der Waals surface area contributed by atoms with Crippen molar-refractivity contribution >= 4 is 0 Å².